The molecule has 1 heterocycles. The molecule has 112 valence electrons. The maximum atomic E-state index is 12.1. The summed E-state index contributed by atoms with van der Waals surface area (Å²) < 4.78 is 9.70. The van der Waals surface area contributed by atoms with E-state index in [9.17, 15) is 14.4 Å². The summed E-state index contributed by atoms with van der Waals surface area (Å²) in [5, 5.41) is 0. The van der Waals surface area contributed by atoms with Crippen LogP contribution in [0.3, 0.4) is 0 Å². The van der Waals surface area contributed by atoms with Crippen LogP contribution in [0, 0.1) is 11.8 Å². The fourth-order valence-corrected chi connectivity index (χ4v) is 2.32. The molecule has 1 aliphatic heterocycles. The first-order valence-corrected chi connectivity index (χ1v) is 6.64. The van der Waals surface area contributed by atoms with E-state index in [4.69, 9.17) is 4.74 Å². The quantitative estimate of drug-likeness (QED) is 0.624. The third kappa shape index (κ3) is 3.21. The normalized spacial score (nSPS) is 21.2. The third-order valence-corrected chi connectivity index (χ3v) is 3.45. The minimum absolute atomic E-state index is 0.0841. The van der Waals surface area contributed by atoms with Crippen LogP contribution >= 0.6 is 0 Å². The van der Waals surface area contributed by atoms with E-state index in [1.807, 2.05) is 30.3 Å². The number of rotatable bonds is 3. The first kappa shape index (κ1) is 15.0. The van der Waals surface area contributed by atoms with Gasteiger partial charge in [0.15, 0.2) is 0 Å². The van der Waals surface area contributed by atoms with Crippen molar-refractivity contribution >= 4 is 18.0 Å². The molecule has 1 fully saturated rings. The van der Waals surface area contributed by atoms with Crippen LogP contribution < -0.4 is 0 Å². The third-order valence-electron chi connectivity index (χ3n) is 3.45. The van der Waals surface area contributed by atoms with Crippen molar-refractivity contribution in [2.24, 2.45) is 11.8 Å². The number of amides is 2. The molecule has 0 aliphatic carbocycles. The molecular weight excluding hydrogens is 274 g/mol. The van der Waals surface area contributed by atoms with Gasteiger partial charge in [0.05, 0.1) is 7.11 Å². The van der Waals surface area contributed by atoms with Crippen LogP contribution in [0.25, 0.3) is 0 Å². The molecule has 0 aromatic heterocycles. The Bertz CT molecular complexity index is 542. The van der Waals surface area contributed by atoms with E-state index in [2.05, 4.69) is 4.74 Å². The summed E-state index contributed by atoms with van der Waals surface area (Å²) in [5.74, 6) is -2.40. The molecule has 21 heavy (non-hydrogen) atoms. The molecule has 1 aliphatic rings. The van der Waals surface area contributed by atoms with Crippen LogP contribution in [0.15, 0.2) is 30.3 Å². The minimum Gasteiger partial charge on any atom is -0.468 e. The zero-order chi connectivity index (χ0) is 15.4. The van der Waals surface area contributed by atoms with E-state index >= 15 is 0 Å². The summed E-state index contributed by atoms with van der Waals surface area (Å²) in [6, 6.07) is 9.16. The van der Waals surface area contributed by atoms with E-state index < -0.39 is 23.9 Å². The molecule has 6 nitrogen and oxygen atoms in total. The predicted octanol–water partition coefficient (Wildman–Crippen LogP) is 1.59. The Morgan fingerprint density at radius 2 is 1.95 bits per heavy atom. The van der Waals surface area contributed by atoms with E-state index in [1.54, 1.807) is 6.92 Å². The van der Waals surface area contributed by atoms with Crippen molar-refractivity contribution in [3.05, 3.63) is 35.9 Å². The molecule has 1 saturated heterocycles. The van der Waals surface area contributed by atoms with Gasteiger partial charge in [-0.05, 0) is 11.5 Å². The standard InChI is InChI=1S/C15H17NO5/c1-10-8-16(13(17)12(10)14(18)20-2)15(19)21-9-11-6-4-3-5-7-11/h3-7,10,12H,8-9H2,1-2H3/t10-,12+/m1/s1. The Balaban J connectivity index is 1.97. The fourth-order valence-electron chi connectivity index (χ4n) is 2.32. The van der Waals surface area contributed by atoms with E-state index in [0.717, 1.165) is 10.5 Å². The Hall–Kier alpha value is -2.37. The number of nitrogens with zero attached hydrogens (tertiary/aromatic N) is 1. The van der Waals surface area contributed by atoms with Gasteiger partial charge in [0, 0.05) is 6.54 Å². The van der Waals surface area contributed by atoms with Gasteiger partial charge >= 0.3 is 12.1 Å². The first-order valence-electron chi connectivity index (χ1n) is 6.64. The number of ether oxygens (including phenoxy) is 2. The van der Waals surface area contributed by atoms with Gasteiger partial charge in [-0.3, -0.25) is 9.59 Å². The van der Waals surface area contributed by atoms with Gasteiger partial charge in [-0.25, -0.2) is 9.69 Å². The number of imide groups is 1. The Morgan fingerprint density at radius 3 is 2.57 bits per heavy atom. The smallest absolute Gasteiger partial charge is 0.416 e. The second-order valence-corrected chi connectivity index (χ2v) is 4.97. The van der Waals surface area contributed by atoms with Crippen LogP contribution in [0.5, 0.6) is 0 Å². The fraction of sp³-hybridized carbons (Fsp3) is 0.400. The zero-order valence-corrected chi connectivity index (χ0v) is 11.9. The Morgan fingerprint density at radius 1 is 1.29 bits per heavy atom. The van der Waals surface area contributed by atoms with Crippen molar-refractivity contribution in [1.29, 1.82) is 0 Å². The minimum atomic E-state index is -0.931. The van der Waals surface area contributed by atoms with Gasteiger partial charge in [0.1, 0.15) is 12.5 Å². The largest absolute Gasteiger partial charge is 0.468 e. The first-order chi connectivity index (χ1) is 10.0. The molecule has 0 bridgehead atoms. The van der Waals surface area contributed by atoms with Gasteiger partial charge < -0.3 is 9.47 Å². The highest BCUT2D eigenvalue weighted by atomic mass is 16.6. The number of hydrogen-bond donors (Lipinski definition) is 0. The van der Waals surface area contributed by atoms with Crippen LogP contribution in [0.4, 0.5) is 4.79 Å². The van der Waals surface area contributed by atoms with Crippen molar-refractivity contribution < 1.29 is 23.9 Å². The SMILES string of the molecule is COC(=O)[C@@H]1C(=O)N(C(=O)OCc2ccccc2)C[C@H]1C. The lowest BCUT2D eigenvalue weighted by atomic mass is 9.98. The molecule has 0 unspecified atom stereocenters. The highest BCUT2D eigenvalue weighted by Crippen LogP contribution is 2.26. The topological polar surface area (TPSA) is 72.9 Å². The predicted molar refractivity (Wildman–Crippen MR) is 73.0 cm³/mol. The summed E-state index contributed by atoms with van der Waals surface area (Å²) in [7, 11) is 1.22. The van der Waals surface area contributed by atoms with E-state index in [-0.39, 0.29) is 19.1 Å². The number of methoxy groups -OCH3 is 1. The van der Waals surface area contributed by atoms with Gasteiger partial charge in [0.2, 0.25) is 5.91 Å². The maximum Gasteiger partial charge on any atom is 0.416 e. The molecule has 0 radical (unpaired) electrons. The number of hydrogen-bond acceptors (Lipinski definition) is 5. The summed E-state index contributed by atoms with van der Waals surface area (Å²) in [5.41, 5.74) is 0.829. The lowest BCUT2D eigenvalue weighted by molar-refractivity contribution is -0.151. The number of carbonyl (C=O) groups excluding carboxylic acids is 3. The number of carbonyl (C=O) groups is 3. The van der Waals surface area contributed by atoms with Crippen molar-refractivity contribution in [1.82, 2.24) is 4.90 Å². The average Bonchev–Trinajstić information content (AvgIpc) is 2.80. The molecule has 2 amide bonds. The lowest BCUT2D eigenvalue weighted by Crippen LogP contribution is -2.36. The number of benzene rings is 1. The van der Waals surface area contributed by atoms with Gasteiger partial charge in [-0.2, -0.15) is 0 Å². The van der Waals surface area contributed by atoms with Crippen LogP contribution in [-0.4, -0.2) is 36.5 Å². The molecule has 2 atom stereocenters. The molecular formula is C15H17NO5. The summed E-state index contributed by atoms with van der Waals surface area (Å²) in [6.07, 6.45) is -0.734. The molecule has 1 aromatic rings. The van der Waals surface area contributed by atoms with Gasteiger partial charge in [-0.15, -0.1) is 0 Å². The van der Waals surface area contributed by atoms with E-state index in [1.165, 1.54) is 7.11 Å². The lowest BCUT2D eigenvalue weighted by Gasteiger charge is -2.14. The summed E-state index contributed by atoms with van der Waals surface area (Å²) in [6.45, 7) is 1.97. The van der Waals surface area contributed by atoms with Crippen molar-refractivity contribution in [3.63, 3.8) is 0 Å². The van der Waals surface area contributed by atoms with Gasteiger partial charge in [-0.1, -0.05) is 37.3 Å². The van der Waals surface area contributed by atoms with Crippen LogP contribution in [0.1, 0.15) is 12.5 Å². The van der Waals surface area contributed by atoms with Gasteiger partial charge in [0.25, 0.3) is 0 Å². The molecule has 2 rings (SSSR count). The molecule has 6 heteroatoms. The number of likely N-dealkylation sites (tertiary alicyclic amines) is 1. The molecule has 1 aromatic carbocycles. The number of esters is 1. The molecule has 0 spiro atoms. The summed E-state index contributed by atoms with van der Waals surface area (Å²) in [4.78, 5) is 36.6. The maximum absolute atomic E-state index is 12.1. The van der Waals surface area contributed by atoms with Crippen molar-refractivity contribution in [2.45, 2.75) is 13.5 Å². The summed E-state index contributed by atoms with van der Waals surface area (Å²) >= 11 is 0. The van der Waals surface area contributed by atoms with Crippen LogP contribution in [-0.2, 0) is 25.7 Å². The Labute approximate surface area is 122 Å². The second kappa shape index (κ2) is 6.39. The Kier molecular flexibility index (Phi) is 4.57. The average molecular weight is 291 g/mol. The van der Waals surface area contributed by atoms with Crippen molar-refractivity contribution in [2.75, 3.05) is 13.7 Å². The molecule has 0 saturated carbocycles. The van der Waals surface area contributed by atoms with Crippen LogP contribution in [0.2, 0.25) is 0 Å². The zero-order valence-electron chi connectivity index (χ0n) is 11.9. The highest BCUT2D eigenvalue weighted by molar-refractivity contribution is 6.05. The van der Waals surface area contributed by atoms with E-state index in [0.29, 0.717) is 0 Å². The monoisotopic (exact) mass is 291 g/mol. The molecule has 0 N–H and O–H groups in total. The highest BCUT2D eigenvalue weighted by Gasteiger charge is 2.46. The second-order valence-electron chi connectivity index (χ2n) is 4.97. The van der Waals surface area contributed by atoms with Crippen molar-refractivity contribution in [3.8, 4) is 0 Å².